The molecule has 5 nitrogen and oxygen atoms in total. The van der Waals surface area contributed by atoms with Gasteiger partial charge in [-0.3, -0.25) is 14.6 Å². The second-order valence-corrected chi connectivity index (χ2v) is 8.69. The van der Waals surface area contributed by atoms with Crippen LogP contribution in [-0.2, 0) is 11.2 Å². The van der Waals surface area contributed by atoms with Crippen LogP contribution in [0.1, 0.15) is 35.2 Å². The summed E-state index contributed by atoms with van der Waals surface area (Å²) in [5, 5.41) is 2.37. The van der Waals surface area contributed by atoms with Gasteiger partial charge in [0.15, 0.2) is 0 Å². The molecule has 0 radical (unpaired) electrons. The fraction of sp³-hybridized carbons (Fsp3) is 0.346. The van der Waals surface area contributed by atoms with E-state index in [0.29, 0.717) is 24.4 Å². The van der Waals surface area contributed by atoms with Crippen LogP contribution in [0.25, 0.3) is 10.8 Å². The zero-order valence-electron chi connectivity index (χ0n) is 17.6. The van der Waals surface area contributed by atoms with Gasteiger partial charge in [-0.1, -0.05) is 42.5 Å². The number of rotatable bonds is 3. The van der Waals surface area contributed by atoms with E-state index in [1.54, 1.807) is 24.5 Å². The van der Waals surface area contributed by atoms with Crippen molar-refractivity contribution >= 4 is 22.6 Å². The molecule has 2 aromatic carbocycles. The summed E-state index contributed by atoms with van der Waals surface area (Å²) in [7, 11) is 0. The number of pyridine rings is 1. The molecule has 0 bridgehead atoms. The highest BCUT2D eigenvalue weighted by Gasteiger charge is 2.39. The Hall–Kier alpha value is -3.21. The number of nitrogens with zero attached hydrogens (tertiary/aromatic N) is 3. The summed E-state index contributed by atoms with van der Waals surface area (Å²) < 4.78 is 0. The van der Waals surface area contributed by atoms with Gasteiger partial charge in [0.2, 0.25) is 5.91 Å². The number of fused-ring (bicyclic) bond motifs is 2. The first kappa shape index (κ1) is 19.7. The zero-order chi connectivity index (χ0) is 21.2. The Morgan fingerprint density at radius 2 is 1.74 bits per heavy atom. The van der Waals surface area contributed by atoms with Gasteiger partial charge in [0, 0.05) is 43.6 Å². The average Bonchev–Trinajstić information content (AvgIpc) is 2.83. The molecule has 5 heteroatoms. The molecule has 1 aromatic heterocycles. The fourth-order valence-corrected chi connectivity index (χ4v) is 5.20. The topological polar surface area (TPSA) is 53.5 Å². The van der Waals surface area contributed by atoms with Gasteiger partial charge < -0.3 is 9.80 Å². The summed E-state index contributed by atoms with van der Waals surface area (Å²) >= 11 is 0. The molecular weight excluding hydrogens is 386 g/mol. The maximum absolute atomic E-state index is 13.2. The third-order valence-electron chi connectivity index (χ3n) is 6.77. The number of amides is 2. The van der Waals surface area contributed by atoms with Crippen LogP contribution in [-0.4, -0.2) is 52.3 Å². The molecule has 0 saturated carbocycles. The van der Waals surface area contributed by atoms with E-state index in [9.17, 15) is 9.59 Å². The Morgan fingerprint density at radius 1 is 0.935 bits per heavy atom. The van der Waals surface area contributed by atoms with Crippen molar-refractivity contribution in [3.05, 3.63) is 78.1 Å². The molecule has 31 heavy (non-hydrogen) atoms. The van der Waals surface area contributed by atoms with Crippen molar-refractivity contribution in [3.8, 4) is 0 Å². The van der Waals surface area contributed by atoms with Crippen molar-refractivity contribution in [2.24, 2.45) is 5.92 Å². The number of benzene rings is 2. The number of hydrogen-bond acceptors (Lipinski definition) is 3. The van der Waals surface area contributed by atoms with Gasteiger partial charge in [-0.05, 0) is 53.6 Å². The SMILES string of the molecule is O=C(c1ccncc1)N1CC[C@@H]2[C@H](CCCN2C(=O)Cc2ccc3ccccc3c2)C1. The summed E-state index contributed by atoms with van der Waals surface area (Å²) in [6, 6.07) is 18.3. The summed E-state index contributed by atoms with van der Waals surface area (Å²) in [6.07, 6.45) is 6.69. The molecule has 2 aliphatic heterocycles. The van der Waals surface area contributed by atoms with Gasteiger partial charge in [0.1, 0.15) is 0 Å². The summed E-state index contributed by atoms with van der Waals surface area (Å²) in [6.45, 7) is 2.25. The number of piperidine rings is 2. The molecule has 3 aromatic rings. The third kappa shape index (κ3) is 4.05. The first-order valence-corrected chi connectivity index (χ1v) is 11.2. The van der Waals surface area contributed by atoms with Gasteiger partial charge in [0.25, 0.3) is 5.91 Å². The van der Waals surface area contributed by atoms with Crippen LogP contribution < -0.4 is 0 Å². The number of aromatic nitrogens is 1. The minimum absolute atomic E-state index is 0.0699. The molecular formula is C26H27N3O2. The molecule has 0 N–H and O–H groups in total. The van der Waals surface area contributed by atoms with E-state index in [0.717, 1.165) is 37.9 Å². The van der Waals surface area contributed by atoms with Crippen molar-refractivity contribution in [2.45, 2.75) is 31.7 Å². The second kappa shape index (κ2) is 8.50. The summed E-state index contributed by atoms with van der Waals surface area (Å²) in [4.78, 5) is 34.1. The molecule has 2 aliphatic rings. The Balaban J connectivity index is 1.27. The molecule has 2 saturated heterocycles. The van der Waals surface area contributed by atoms with Crippen LogP contribution in [0.15, 0.2) is 67.0 Å². The summed E-state index contributed by atoms with van der Waals surface area (Å²) in [5.74, 6) is 0.633. The van der Waals surface area contributed by atoms with Gasteiger partial charge in [-0.2, -0.15) is 0 Å². The third-order valence-corrected chi connectivity index (χ3v) is 6.77. The summed E-state index contributed by atoms with van der Waals surface area (Å²) in [5.41, 5.74) is 1.75. The molecule has 3 heterocycles. The van der Waals surface area contributed by atoms with Crippen molar-refractivity contribution in [1.82, 2.24) is 14.8 Å². The lowest BCUT2D eigenvalue weighted by molar-refractivity contribution is -0.137. The lowest BCUT2D eigenvalue weighted by atomic mass is 9.83. The van der Waals surface area contributed by atoms with Gasteiger partial charge in [-0.15, -0.1) is 0 Å². The van der Waals surface area contributed by atoms with Gasteiger partial charge in [0.05, 0.1) is 6.42 Å². The lowest BCUT2D eigenvalue weighted by Crippen LogP contribution is -2.56. The average molecular weight is 414 g/mol. The zero-order valence-corrected chi connectivity index (χ0v) is 17.6. The van der Waals surface area contributed by atoms with Crippen LogP contribution in [0.4, 0.5) is 0 Å². The highest BCUT2D eigenvalue weighted by molar-refractivity contribution is 5.94. The van der Waals surface area contributed by atoms with Crippen LogP contribution >= 0.6 is 0 Å². The second-order valence-electron chi connectivity index (χ2n) is 8.69. The minimum atomic E-state index is 0.0699. The van der Waals surface area contributed by atoms with E-state index < -0.39 is 0 Å². The fourth-order valence-electron chi connectivity index (χ4n) is 5.20. The van der Waals surface area contributed by atoms with Crippen molar-refractivity contribution in [2.75, 3.05) is 19.6 Å². The van der Waals surface area contributed by atoms with Crippen molar-refractivity contribution in [1.29, 1.82) is 0 Å². The number of likely N-dealkylation sites (tertiary alicyclic amines) is 2. The minimum Gasteiger partial charge on any atom is -0.339 e. The molecule has 158 valence electrons. The van der Waals surface area contributed by atoms with E-state index in [4.69, 9.17) is 0 Å². The van der Waals surface area contributed by atoms with Crippen molar-refractivity contribution in [3.63, 3.8) is 0 Å². The molecule has 0 aliphatic carbocycles. The van der Waals surface area contributed by atoms with Gasteiger partial charge >= 0.3 is 0 Å². The molecule has 0 unspecified atom stereocenters. The van der Waals surface area contributed by atoms with Crippen LogP contribution in [0.5, 0.6) is 0 Å². The first-order chi connectivity index (χ1) is 15.2. The molecule has 5 rings (SSSR count). The smallest absolute Gasteiger partial charge is 0.253 e. The van der Waals surface area contributed by atoms with Gasteiger partial charge in [-0.25, -0.2) is 0 Å². The van der Waals surface area contributed by atoms with Crippen LogP contribution in [0.2, 0.25) is 0 Å². The highest BCUT2D eigenvalue weighted by Crippen LogP contribution is 2.32. The standard InChI is InChI=1S/C26H27N3O2/c30-25(17-19-7-8-20-4-1-2-5-22(20)16-19)29-14-3-6-23-18-28(15-11-24(23)29)26(31)21-9-12-27-13-10-21/h1-2,4-5,7-10,12-13,16,23-24H,3,6,11,14-15,17-18H2/t23-,24-/m1/s1. The quantitative estimate of drug-likeness (QED) is 0.654. The lowest BCUT2D eigenvalue weighted by Gasteiger charge is -2.47. The Morgan fingerprint density at radius 3 is 2.58 bits per heavy atom. The van der Waals surface area contributed by atoms with Crippen molar-refractivity contribution < 1.29 is 9.59 Å². The Kier molecular flexibility index (Phi) is 5.41. The van der Waals surface area contributed by atoms with E-state index in [2.05, 4.69) is 40.2 Å². The Bertz CT molecular complexity index is 1100. The largest absolute Gasteiger partial charge is 0.339 e. The molecule has 2 fully saturated rings. The first-order valence-electron chi connectivity index (χ1n) is 11.2. The predicted octanol–water partition coefficient (Wildman–Crippen LogP) is 3.93. The molecule has 2 amide bonds. The van der Waals surface area contributed by atoms with E-state index >= 15 is 0 Å². The highest BCUT2D eigenvalue weighted by atomic mass is 16.2. The van der Waals surface area contributed by atoms with E-state index in [1.807, 2.05) is 17.0 Å². The number of carbonyl (C=O) groups is 2. The maximum atomic E-state index is 13.2. The molecule has 2 atom stereocenters. The van der Waals surface area contributed by atoms with Crippen LogP contribution in [0, 0.1) is 5.92 Å². The van der Waals surface area contributed by atoms with E-state index in [-0.39, 0.29) is 17.9 Å². The predicted molar refractivity (Wildman–Crippen MR) is 121 cm³/mol. The Labute approximate surface area is 182 Å². The van der Waals surface area contributed by atoms with E-state index in [1.165, 1.54) is 10.8 Å². The number of carbonyl (C=O) groups excluding carboxylic acids is 2. The normalized spacial score (nSPS) is 21.0. The maximum Gasteiger partial charge on any atom is 0.253 e. The molecule has 0 spiro atoms. The monoisotopic (exact) mass is 413 g/mol. The van der Waals surface area contributed by atoms with Crippen LogP contribution in [0.3, 0.4) is 0 Å². The number of hydrogen-bond donors (Lipinski definition) is 0.